The molecule has 1 aromatic rings. The number of carbonyl (C=O) groups is 1. The van der Waals surface area contributed by atoms with Crippen molar-refractivity contribution in [3.05, 3.63) is 35.9 Å². The summed E-state index contributed by atoms with van der Waals surface area (Å²) in [5.41, 5.74) is 1.30. The Morgan fingerprint density at radius 2 is 2.00 bits per heavy atom. The van der Waals surface area contributed by atoms with E-state index in [0.29, 0.717) is 31.5 Å². The minimum atomic E-state index is -0.492. The van der Waals surface area contributed by atoms with E-state index < -0.39 is 6.10 Å². The maximum atomic E-state index is 11.6. The quantitative estimate of drug-likeness (QED) is 0.811. The molecule has 1 saturated heterocycles. The summed E-state index contributed by atoms with van der Waals surface area (Å²) >= 11 is 0. The van der Waals surface area contributed by atoms with Gasteiger partial charge in [0, 0.05) is 32.1 Å². The Balaban J connectivity index is 1.53. The molecule has 1 saturated carbocycles. The second-order valence-corrected chi connectivity index (χ2v) is 6.58. The van der Waals surface area contributed by atoms with Gasteiger partial charge >= 0.3 is 0 Å². The van der Waals surface area contributed by atoms with E-state index in [-0.39, 0.29) is 5.91 Å². The zero-order valence-corrected chi connectivity index (χ0v) is 13.1. The third kappa shape index (κ3) is 3.68. The van der Waals surface area contributed by atoms with Crippen LogP contribution in [0.3, 0.4) is 0 Å². The Morgan fingerprint density at radius 1 is 1.23 bits per heavy atom. The molecule has 2 fully saturated rings. The number of likely N-dealkylation sites (tertiary alicyclic amines) is 1. The van der Waals surface area contributed by atoms with Crippen LogP contribution in [0, 0.1) is 5.92 Å². The van der Waals surface area contributed by atoms with E-state index in [0.717, 1.165) is 13.0 Å². The molecule has 1 aromatic carbocycles. The summed E-state index contributed by atoms with van der Waals surface area (Å²) in [4.78, 5) is 13.4. The van der Waals surface area contributed by atoms with Crippen LogP contribution in [-0.2, 0) is 4.79 Å². The highest BCUT2D eigenvalue weighted by atomic mass is 16.3. The molecule has 1 aliphatic carbocycles. The topological polar surface area (TPSA) is 52.6 Å². The monoisotopic (exact) mass is 302 g/mol. The average Bonchev–Trinajstić information content (AvgIpc) is 2.87. The lowest BCUT2D eigenvalue weighted by Gasteiger charge is -2.35. The number of aliphatic hydroxyl groups excluding tert-OH is 1. The summed E-state index contributed by atoms with van der Waals surface area (Å²) in [6.45, 7) is 1.79. The zero-order chi connectivity index (χ0) is 15.4. The number of β-amino-alcohol motifs (C(OH)–C–C–N with tert-alkyl or cyclic N) is 1. The molecule has 22 heavy (non-hydrogen) atoms. The van der Waals surface area contributed by atoms with Gasteiger partial charge in [0.25, 0.3) is 0 Å². The molecule has 1 aliphatic heterocycles. The van der Waals surface area contributed by atoms with Crippen molar-refractivity contribution in [1.29, 1.82) is 0 Å². The molecule has 4 nitrogen and oxygen atoms in total. The highest BCUT2D eigenvalue weighted by Crippen LogP contribution is 2.37. The third-order valence-corrected chi connectivity index (χ3v) is 4.96. The van der Waals surface area contributed by atoms with Gasteiger partial charge in [-0.2, -0.15) is 0 Å². The summed E-state index contributed by atoms with van der Waals surface area (Å²) in [6, 6.07) is 10.8. The largest absolute Gasteiger partial charge is 0.390 e. The van der Waals surface area contributed by atoms with Crippen LogP contribution in [0.25, 0.3) is 0 Å². The van der Waals surface area contributed by atoms with Crippen molar-refractivity contribution >= 4 is 5.91 Å². The normalized spacial score (nSPS) is 21.7. The summed E-state index contributed by atoms with van der Waals surface area (Å²) in [7, 11) is 0. The number of rotatable bonds is 7. The maximum absolute atomic E-state index is 11.6. The minimum absolute atomic E-state index is 0.178. The van der Waals surface area contributed by atoms with Crippen LogP contribution in [-0.4, -0.2) is 41.7 Å². The Bertz CT molecular complexity index is 487. The first kappa shape index (κ1) is 15.5. The number of nitrogens with one attached hydrogen (secondary N) is 1. The Morgan fingerprint density at radius 3 is 2.59 bits per heavy atom. The smallest absolute Gasteiger partial charge is 0.222 e. The van der Waals surface area contributed by atoms with Crippen LogP contribution in [0.1, 0.15) is 43.7 Å². The van der Waals surface area contributed by atoms with Gasteiger partial charge in [-0.25, -0.2) is 0 Å². The average molecular weight is 302 g/mol. The summed E-state index contributed by atoms with van der Waals surface area (Å²) in [5.74, 6) is 0.848. The van der Waals surface area contributed by atoms with Crippen LogP contribution in [0.5, 0.6) is 0 Å². The molecule has 120 valence electrons. The van der Waals surface area contributed by atoms with Gasteiger partial charge in [-0.15, -0.1) is 0 Å². The fraction of sp³-hybridized carbons (Fsp3) is 0.611. The first-order valence-corrected chi connectivity index (χ1v) is 8.48. The lowest BCUT2D eigenvalue weighted by atomic mass is 9.77. The predicted octanol–water partition coefficient (Wildman–Crippen LogP) is 2.10. The van der Waals surface area contributed by atoms with Crippen molar-refractivity contribution in [1.82, 2.24) is 10.2 Å². The number of amides is 1. The number of carbonyl (C=O) groups excluding carboxylic acids is 1. The number of hydrogen-bond donors (Lipinski definition) is 2. The van der Waals surface area contributed by atoms with Gasteiger partial charge in [-0.1, -0.05) is 36.8 Å². The first-order chi connectivity index (χ1) is 10.7. The van der Waals surface area contributed by atoms with Gasteiger partial charge in [0.1, 0.15) is 0 Å². The molecule has 0 aromatic heterocycles. The van der Waals surface area contributed by atoms with E-state index in [2.05, 4.69) is 29.6 Å². The molecule has 2 atom stereocenters. The Labute approximate surface area is 132 Å². The number of aliphatic hydroxyl groups is 1. The standard InChI is InChI=1S/C18H26N2O2/c21-16(13-20-11-5-10-17(20)22)12-19-18(15-8-4-9-15)14-6-2-1-3-7-14/h1-3,6-7,15-16,18-19,21H,4-5,8-13H2. The van der Waals surface area contributed by atoms with E-state index in [1.165, 1.54) is 24.8 Å². The van der Waals surface area contributed by atoms with Gasteiger partial charge < -0.3 is 15.3 Å². The van der Waals surface area contributed by atoms with Crippen LogP contribution >= 0.6 is 0 Å². The number of nitrogens with zero attached hydrogens (tertiary/aromatic N) is 1. The molecule has 0 spiro atoms. The molecule has 3 rings (SSSR count). The molecular weight excluding hydrogens is 276 g/mol. The minimum Gasteiger partial charge on any atom is -0.390 e. The van der Waals surface area contributed by atoms with Gasteiger partial charge in [0.2, 0.25) is 5.91 Å². The molecular formula is C18H26N2O2. The lowest BCUT2D eigenvalue weighted by molar-refractivity contribution is -0.128. The van der Waals surface area contributed by atoms with E-state index in [1.54, 1.807) is 4.90 Å². The first-order valence-electron chi connectivity index (χ1n) is 8.48. The second-order valence-electron chi connectivity index (χ2n) is 6.58. The van der Waals surface area contributed by atoms with Crippen molar-refractivity contribution in [2.45, 2.75) is 44.2 Å². The number of benzene rings is 1. The summed E-state index contributed by atoms with van der Waals surface area (Å²) < 4.78 is 0. The van der Waals surface area contributed by atoms with Crippen molar-refractivity contribution in [3.8, 4) is 0 Å². The van der Waals surface area contributed by atoms with Gasteiger partial charge in [-0.05, 0) is 30.7 Å². The maximum Gasteiger partial charge on any atom is 0.222 e. The molecule has 1 amide bonds. The SMILES string of the molecule is O=C1CCCN1CC(O)CNC(c1ccccc1)C1CCC1. The van der Waals surface area contributed by atoms with E-state index >= 15 is 0 Å². The van der Waals surface area contributed by atoms with Crippen LogP contribution < -0.4 is 5.32 Å². The van der Waals surface area contributed by atoms with Crippen LogP contribution in [0.15, 0.2) is 30.3 Å². The highest BCUT2D eigenvalue weighted by Gasteiger charge is 2.29. The van der Waals surface area contributed by atoms with Crippen molar-refractivity contribution < 1.29 is 9.90 Å². The predicted molar refractivity (Wildman–Crippen MR) is 86.3 cm³/mol. The Kier molecular flexibility index (Phi) is 5.11. The second kappa shape index (κ2) is 7.25. The van der Waals surface area contributed by atoms with Crippen molar-refractivity contribution in [2.75, 3.05) is 19.6 Å². The fourth-order valence-corrected chi connectivity index (χ4v) is 3.47. The zero-order valence-electron chi connectivity index (χ0n) is 13.1. The van der Waals surface area contributed by atoms with Gasteiger partial charge in [-0.3, -0.25) is 4.79 Å². The molecule has 1 heterocycles. The highest BCUT2D eigenvalue weighted by molar-refractivity contribution is 5.78. The van der Waals surface area contributed by atoms with Crippen molar-refractivity contribution in [2.24, 2.45) is 5.92 Å². The van der Waals surface area contributed by atoms with Gasteiger partial charge in [0.05, 0.1) is 6.10 Å². The molecule has 4 heteroatoms. The van der Waals surface area contributed by atoms with Crippen LogP contribution in [0.4, 0.5) is 0 Å². The summed E-state index contributed by atoms with van der Waals surface area (Å²) in [5, 5.41) is 13.8. The van der Waals surface area contributed by atoms with Crippen LogP contribution in [0.2, 0.25) is 0 Å². The molecule has 2 aliphatic rings. The van der Waals surface area contributed by atoms with E-state index in [1.807, 2.05) is 6.07 Å². The summed E-state index contributed by atoms with van der Waals surface area (Å²) in [6.07, 6.45) is 4.89. The lowest BCUT2D eigenvalue weighted by Crippen LogP contribution is -2.42. The van der Waals surface area contributed by atoms with Crippen molar-refractivity contribution in [3.63, 3.8) is 0 Å². The molecule has 2 unspecified atom stereocenters. The third-order valence-electron chi connectivity index (χ3n) is 4.96. The van der Waals surface area contributed by atoms with E-state index in [4.69, 9.17) is 0 Å². The fourth-order valence-electron chi connectivity index (χ4n) is 3.47. The van der Waals surface area contributed by atoms with E-state index in [9.17, 15) is 9.90 Å². The molecule has 0 radical (unpaired) electrons. The molecule has 2 N–H and O–H groups in total. The number of hydrogen-bond acceptors (Lipinski definition) is 3. The molecule has 0 bridgehead atoms. The Hall–Kier alpha value is -1.39. The van der Waals surface area contributed by atoms with Gasteiger partial charge in [0.15, 0.2) is 0 Å².